The Morgan fingerprint density at radius 3 is 2.73 bits per heavy atom. The van der Waals surface area contributed by atoms with Crippen LogP contribution < -0.4 is 10.1 Å². The van der Waals surface area contributed by atoms with E-state index in [0.717, 1.165) is 28.4 Å². The number of aryl methyl sites for hydroxylation is 1. The minimum Gasteiger partial charge on any atom is -0.497 e. The molecule has 0 bridgehead atoms. The average molecular weight is 320 g/mol. The number of aromatic nitrogens is 1. The van der Waals surface area contributed by atoms with Crippen molar-refractivity contribution in [3.05, 3.63) is 45.9 Å². The normalized spacial score (nSPS) is 12.0. The molecule has 1 heterocycles. The van der Waals surface area contributed by atoms with E-state index in [1.165, 1.54) is 0 Å². The van der Waals surface area contributed by atoms with E-state index in [2.05, 4.69) is 10.3 Å². The van der Waals surface area contributed by atoms with Gasteiger partial charge in [0.2, 0.25) is 5.91 Å². The number of carbonyl (C=O) groups is 1. The van der Waals surface area contributed by atoms with Crippen molar-refractivity contribution >= 4 is 17.2 Å². The van der Waals surface area contributed by atoms with E-state index in [9.17, 15) is 9.90 Å². The van der Waals surface area contributed by atoms with Gasteiger partial charge in [-0.1, -0.05) is 19.1 Å². The minimum atomic E-state index is -0.739. The quantitative estimate of drug-likeness (QED) is 0.819. The fraction of sp³-hybridized carbons (Fsp3) is 0.375. The highest BCUT2D eigenvalue weighted by Crippen LogP contribution is 2.17. The van der Waals surface area contributed by atoms with Crippen molar-refractivity contribution in [3.8, 4) is 5.75 Å². The van der Waals surface area contributed by atoms with Gasteiger partial charge in [-0.05, 0) is 24.1 Å². The number of carbonyl (C=O) groups excluding carboxylic acids is 1. The summed E-state index contributed by atoms with van der Waals surface area (Å²) in [5.41, 5.74) is 1.52. The van der Waals surface area contributed by atoms with Gasteiger partial charge in [0.1, 0.15) is 5.75 Å². The number of ether oxygens (including phenoxy) is 1. The van der Waals surface area contributed by atoms with Crippen LogP contribution in [0.3, 0.4) is 0 Å². The van der Waals surface area contributed by atoms with Crippen LogP contribution >= 0.6 is 11.3 Å². The summed E-state index contributed by atoms with van der Waals surface area (Å²) in [6, 6.07) is 7.12. The molecule has 1 atom stereocenters. The predicted molar refractivity (Wildman–Crippen MR) is 86.2 cm³/mol. The van der Waals surface area contributed by atoms with Crippen LogP contribution in [0.15, 0.2) is 29.6 Å². The number of benzene rings is 1. The fourth-order valence-corrected chi connectivity index (χ4v) is 2.72. The van der Waals surface area contributed by atoms with Gasteiger partial charge in [0, 0.05) is 11.9 Å². The van der Waals surface area contributed by atoms with Crippen molar-refractivity contribution in [1.29, 1.82) is 0 Å². The van der Waals surface area contributed by atoms with Crippen molar-refractivity contribution in [2.24, 2.45) is 0 Å². The summed E-state index contributed by atoms with van der Waals surface area (Å²) < 4.78 is 5.07. The molecule has 22 heavy (non-hydrogen) atoms. The number of thiazole rings is 1. The summed E-state index contributed by atoms with van der Waals surface area (Å²) in [6.07, 6.45) is 0.380. The van der Waals surface area contributed by atoms with Crippen LogP contribution in [-0.2, 0) is 17.6 Å². The van der Waals surface area contributed by atoms with Gasteiger partial charge in [0.15, 0.2) is 0 Å². The fourth-order valence-electron chi connectivity index (χ4n) is 1.97. The van der Waals surface area contributed by atoms with E-state index in [4.69, 9.17) is 4.74 Å². The Balaban J connectivity index is 1.81. The SMILES string of the molecule is CCc1nc(CC(=O)NCC(O)c2ccc(OC)cc2)cs1. The summed E-state index contributed by atoms with van der Waals surface area (Å²) >= 11 is 1.56. The van der Waals surface area contributed by atoms with Crippen molar-refractivity contribution in [1.82, 2.24) is 10.3 Å². The maximum Gasteiger partial charge on any atom is 0.226 e. The molecule has 0 spiro atoms. The lowest BCUT2D eigenvalue weighted by Gasteiger charge is -2.12. The number of aliphatic hydroxyl groups excluding tert-OH is 1. The molecule has 0 aliphatic carbocycles. The second kappa shape index (κ2) is 7.91. The third-order valence-corrected chi connectivity index (χ3v) is 4.28. The van der Waals surface area contributed by atoms with Gasteiger partial charge in [-0.15, -0.1) is 11.3 Å². The molecule has 6 heteroatoms. The molecule has 1 amide bonds. The standard InChI is InChI=1S/C16H20N2O3S/c1-3-16-18-12(10-22-16)8-15(20)17-9-14(19)11-4-6-13(21-2)7-5-11/h4-7,10,14,19H,3,8-9H2,1-2H3,(H,17,20). The van der Waals surface area contributed by atoms with Gasteiger partial charge < -0.3 is 15.2 Å². The summed E-state index contributed by atoms with van der Waals surface area (Å²) in [6.45, 7) is 2.21. The molecule has 5 nitrogen and oxygen atoms in total. The number of hydrogen-bond donors (Lipinski definition) is 2. The lowest BCUT2D eigenvalue weighted by atomic mass is 10.1. The van der Waals surface area contributed by atoms with Crippen LogP contribution in [0, 0.1) is 0 Å². The molecule has 1 aromatic heterocycles. The first-order valence-corrected chi connectivity index (χ1v) is 8.02. The van der Waals surface area contributed by atoms with Crippen LogP contribution in [0.2, 0.25) is 0 Å². The zero-order valence-corrected chi connectivity index (χ0v) is 13.5. The van der Waals surface area contributed by atoms with E-state index < -0.39 is 6.10 Å². The molecule has 0 aliphatic heterocycles. The Bertz CT molecular complexity index is 610. The van der Waals surface area contributed by atoms with E-state index in [1.807, 2.05) is 12.3 Å². The summed E-state index contributed by atoms with van der Waals surface area (Å²) in [5.74, 6) is 0.593. The Hall–Kier alpha value is -1.92. The Morgan fingerprint density at radius 2 is 2.14 bits per heavy atom. The maximum absolute atomic E-state index is 11.9. The smallest absolute Gasteiger partial charge is 0.226 e. The molecule has 0 radical (unpaired) electrons. The van der Waals surface area contributed by atoms with Gasteiger partial charge in [0.25, 0.3) is 0 Å². The number of aliphatic hydroxyl groups is 1. The highest BCUT2D eigenvalue weighted by Gasteiger charge is 2.11. The van der Waals surface area contributed by atoms with E-state index in [0.29, 0.717) is 0 Å². The van der Waals surface area contributed by atoms with Crippen molar-refractivity contribution < 1.29 is 14.6 Å². The van der Waals surface area contributed by atoms with Crippen LogP contribution in [0.4, 0.5) is 0 Å². The molecule has 0 aliphatic rings. The monoisotopic (exact) mass is 320 g/mol. The molecule has 0 saturated heterocycles. The largest absolute Gasteiger partial charge is 0.497 e. The van der Waals surface area contributed by atoms with E-state index >= 15 is 0 Å². The molecule has 2 rings (SSSR count). The number of hydrogen-bond acceptors (Lipinski definition) is 5. The van der Waals surface area contributed by atoms with Gasteiger partial charge in [-0.2, -0.15) is 0 Å². The van der Waals surface area contributed by atoms with E-state index in [1.54, 1.807) is 42.7 Å². The maximum atomic E-state index is 11.9. The molecule has 1 unspecified atom stereocenters. The molecule has 1 aromatic carbocycles. The Labute approximate surface area is 134 Å². The van der Waals surface area contributed by atoms with Crippen LogP contribution in [0.1, 0.15) is 29.3 Å². The number of amides is 1. The van der Waals surface area contributed by atoms with Gasteiger partial charge >= 0.3 is 0 Å². The molecular formula is C16H20N2O3S. The topological polar surface area (TPSA) is 71.5 Å². The average Bonchev–Trinajstić information content (AvgIpc) is 3.00. The summed E-state index contributed by atoms with van der Waals surface area (Å²) in [4.78, 5) is 16.2. The molecule has 2 aromatic rings. The molecule has 0 saturated carbocycles. The number of methoxy groups -OCH3 is 1. The molecular weight excluding hydrogens is 300 g/mol. The third kappa shape index (κ3) is 4.54. The van der Waals surface area contributed by atoms with E-state index in [-0.39, 0.29) is 18.9 Å². The first-order valence-electron chi connectivity index (χ1n) is 7.14. The minimum absolute atomic E-state index is 0.138. The first-order chi connectivity index (χ1) is 10.6. The van der Waals surface area contributed by atoms with Crippen molar-refractivity contribution in [2.75, 3.05) is 13.7 Å². The highest BCUT2D eigenvalue weighted by atomic mass is 32.1. The summed E-state index contributed by atoms with van der Waals surface area (Å²) in [5, 5.41) is 15.7. The Morgan fingerprint density at radius 1 is 1.41 bits per heavy atom. The predicted octanol–water partition coefficient (Wildman–Crippen LogP) is 2.11. The van der Waals surface area contributed by atoms with Gasteiger partial charge in [-0.3, -0.25) is 4.79 Å². The number of nitrogens with one attached hydrogen (secondary N) is 1. The lowest BCUT2D eigenvalue weighted by Crippen LogP contribution is -2.29. The number of rotatable bonds is 7. The summed E-state index contributed by atoms with van der Waals surface area (Å²) in [7, 11) is 1.59. The molecule has 2 N–H and O–H groups in total. The van der Waals surface area contributed by atoms with Gasteiger partial charge in [-0.25, -0.2) is 4.98 Å². The zero-order valence-electron chi connectivity index (χ0n) is 12.7. The second-order valence-corrected chi connectivity index (χ2v) is 5.80. The van der Waals surface area contributed by atoms with Gasteiger partial charge in [0.05, 0.1) is 30.3 Å². The van der Waals surface area contributed by atoms with Crippen LogP contribution in [0.5, 0.6) is 5.75 Å². The van der Waals surface area contributed by atoms with Crippen LogP contribution in [-0.4, -0.2) is 29.7 Å². The molecule has 0 fully saturated rings. The Kier molecular flexibility index (Phi) is 5.91. The second-order valence-electron chi connectivity index (χ2n) is 4.86. The first kappa shape index (κ1) is 16.5. The van der Waals surface area contributed by atoms with Crippen LogP contribution in [0.25, 0.3) is 0 Å². The zero-order chi connectivity index (χ0) is 15.9. The molecule has 118 valence electrons. The highest BCUT2D eigenvalue weighted by molar-refractivity contribution is 7.09. The van der Waals surface area contributed by atoms with Crippen molar-refractivity contribution in [3.63, 3.8) is 0 Å². The van der Waals surface area contributed by atoms with Crippen molar-refractivity contribution in [2.45, 2.75) is 25.9 Å². The lowest BCUT2D eigenvalue weighted by molar-refractivity contribution is -0.120. The number of nitrogens with zero attached hydrogens (tertiary/aromatic N) is 1. The third-order valence-electron chi connectivity index (χ3n) is 3.24.